The number of amides is 2. The SMILES string of the molecule is O=C(O)Nc1cccc(-c2ccc3c(c2)CC(C(=O)NO)CC3)c1. The first kappa shape index (κ1) is 16.0. The lowest BCUT2D eigenvalue weighted by atomic mass is 9.82. The van der Waals surface area contributed by atoms with E-state index < -0.39 is 6.09 Å². The minimum absolute atomic E-state index is 0.224. The number of anilines is 1. The summed E-state index contributed by atoms with van der Waals surface area (Å²) >= 11 is 0. The lowest BCUT2D eigenvalue weighted by Crippen LogP contribution is -2.31. The van der Waals surface area contributed by atoms with Crippen LogP contribution in [0, 0.1) is 5.92 Å². The molecule has 6 nitrogen and oxygen atoms in total. The quantitative estimate of drug-likeness (QED) is 0.514. The van der Waals surface area contributed by atoms with Gasteiger partial charge in [-0.15, -0.1) is 0 Å². The fraction of sp³-hybridized carbons (Fsp3) is 0.222. The Balaban J connectivity index is 1.89. The number of carboxylic acid groups (broad SMARTS) is 1. The van der Waals surface area contributed by atoms with Crippen LogP contribution in [0.15, 0.2) is 42.5 Å². The molecule has 2 aromatic rings. The first-order chi connectivity index (χ1) is 11.6. The number of fused-ring (bicyclic) bond motifs is 1. The van der Waals surface area contributed by atoms with Crippen LogP contribution in [0.4, 0.5) is 10.5 Å². The Morgan fingerprint density at radius 2 is 1.83 bits per heavy atom. The molecule has 24 heavy (non-hydrogen) atoms. The third-order valence-corrected chi connectivity index (χ3v) is 4.36. The van der Waals surface area contributed by atoms with Gasteiger partial charge in [-0.2, -0.15) is 0 Å². The average Bonchev–Trinajstić information content (AvgIpc) is 2.59. The van der Waals surface area contributed by atoms with Crippen LogP contribution in [-0.4, -0.2) is 22.3 Å². The first-order valence-corrected chi connectivity index (χ1v) is 7.73. The highest BCUT2D eigenvalue weighted by atomic mass is 16.5. The molecule has 1 aliphatic rings. The first-order valence-electron chi connectivity index (χ1n) is 7.73. The van der Waals surface area contributed by atoms with Gasteiger partial charge in [0.15, 0.2) is 0 Å². The van der Waals surface area contributed by atoms with Crippen LogP contribution in [0.5, 0.6) is 0 Å². The van der Waals surface area contributed by atoms with Crippen LogP contribution < -0.4 is 10.8 Å². The Morgan fingerprint density at radius 1 is 1.04 bits per heavy atom. The van der Waals surface area contributed by atoms with Crippen molar-refractivity contribution in [2.45, 2.75) is 19.3 Å². The van der Waals surface area contributed by atoms with Crippen LogP contribution in [0.2, 0.25) is 0 Å². The summed E-state index contributed by atoms with van der Waals surface area (Å²) in [6.07, 6.45) is 1.00. The van der Waals surface area contributed by atoms with Crippen molar-refractivity contribution in [2.75, 3.05) is 5.32 Å². The third kappa shape index (κ3) is 3.38. The Morgan fingerprint density at radius 3 is 2.58 bits per heavy atom. The molecule has 0 aliphatic heterocycles. The van der Waals surface area contributed by atoms with Crippen molar-refractivity contribution < 1.29 is 19.9 Å². The van der Waals surface area contributed by atoms with Crippen LogP contribution in [-0.2, 0) is 17.6 Å². The molecule has 2 amide bonds. The molecule has 0 heterocycles. The lowest BCUT2D eigenvalue weighted by Gasteiger charge is -2.23. The van der Waals surface area contributed by atoms with Gasteiger partial charge in [-0.25, -0.2) is 10.3 Å². The zero-order valence-electron chi connectivity index (χ0n) is 13.0. The molecule has 6 heteroatoms. The summed E-state index contributed by atoms with van der Waals surface area (Å²) in [6, 6.07) is 13.3. The topological polar surface area (TPSA) is 98.7 Å². The molecule has 1 atom stereocenters. The van der Waals surface area contributed by atoms with Gasteiger partial charge in [0, 0.05) is 11.6 Å². The van der Waals surface area contributed by atoms with Gasteiger partial charge in [0.05, 0.1) is 0 Å². The zero-order valence-corrected chi connectivity index (χ0v) is 13.0. The van der Waals surface area contributed by atoms with Gasteiger partial charge in [0.2, 0.25) is 5.91 Å². The van der Waals surface area contributed by atoms with Gasteiger partial charge in [0.25, 0.3) is 0 Å². The summed E-state index contributed by atoms with van der Waals surface area (Å²) in [4.78, 5) is 22.4. The van der Waals surface area contributed by atoms with E-state index in [1.165, 1.54) is 5.56 Å². The van der Waals surface area contributed by atoms with Crippen molar-refractivity contribution in [2.24, 2.45) is 5.92 Å². The third-order valence-electron chi connectivity index (χ3n) is 4.36. The number of carbonyl (C=O) groups is 2. The molecule has 0 fully saturated rings. The van der Waals surface area contributed by atoms with Crippen molar-refractivity contribution in [1.82, 2.24) is 5.48 Å². The number of nitrogens with one attached hydrogen (secondary N) is 2. The minimum Gasteiger partial charge on any atom is -0.465 e. The van der Waals surface area contributed by atoms with E-state index in [2.05, 4.69) is 11.4 Å². The van der Waals surface area contributed by atoms with Crippen molar-refractivity contribution in [3.63, 3.8) is 0 Å². The van der Waals surface area contributed by atoms with E-state index in [9.17, 15) is 9.59 Å². The minimum atomic E-state index is -1.10. The molecule has 1 unspecified atom stereocenters. The van der Waals surface area contributed by atoms with Crippen molar-refractivity contribution >= 4 is 17.7 Å². The summed E-state index contributed by atoms with van der Waals surface area (Å²) in [7, 11) is 0. The molecule has 3 rings (SSSR count). The second-order valence-corrected chi connectivity index (χ2v) is 5.91. The summed E-state index contributed by atoms with van der Waals surface area (Å²) in [5, 5.41) is 20.0. The Labute approximate surface area is 139 Å². The van der Waals surface area contributed by atoms with Gasteiger partial charge >= 0.3 is 6.09 Å². The number of benzene rings is 2. The van der Waals surface area contributed by atoms with E-state index in [-0.39, 0.29) is 11.8 Å². The molecule has 0 radical (unpaired) electrons. The maximum atomic E-state index is 11.7. The van der Waals surface area contributed by atoms with E-state index >= 15 is 0 Å². The molecular weight excluding hydrogens is 308 g/mol. The molecular formula is C18H18N2O4. The Hall–Kier alpha value is -2.86. The second kappa shape index (κ2) is 6.72. The summed E-state index contributed by atoms with van der Waals surface area (Å²) in [5.41, 5.74) is 6.41. The number of hydrogen-bond acceptors (Lipinski definition) is 3. The van der Waals surface area contributed by atoms with E-state index in [0.29, 0.717) is 12.1 Å². The van der Waals surface area contributed by atoms with Gasteiger partial charge in [-0.05, 0) is 53.6 Å². The monoisotopic (exact) mass is 326 g/mol. The van der Waals surface area contributed by atoms with E-state index in [1.54, 1.807) is 23.7 Å². The molecule has 0 spiro atoms. The van der Waals surface area contributed by atoms with Crippen molar-refractivity contribution in [3.8, 4) is 11.1 Å². The van der Waals surface area contributed by atoms with E-state index in [0.717, 1.165) is 29.5 Å². The predicted octanol–water partition coefficient (Wildman–Crippen LogP) is 3.05. The van der Waals surface area contributed by atoms with Crippen molar-refractivity contribution in [1.29, 1.82) is 0 Å². The number of rotatable bonds is 3. The lowest BCUT2D eigenvalue weighted by molar-refractivity contribution is -0.133. The number of carbonyl (C=O) groups excluding carboxylic acids is 1. The van der Waals surface area contributed by atoms with Gasteiger partial charge in [0.1, 0.15) is 0 Å². The van der Waals surface area contributed by atoms with Gasteiger partial charge in [-0.3, -0.25) is 15.3 Å². The summed E-state index contributed by atoms with van der Waals surface area (Å²) < 4.78 is 0. The molecule has 0 bridgehead atoms. The van der Waals surface area contributed by atoms with Crippen LogP contribution in [0.3, 0.4) is 0 Å². The van der Waals surface area contributed by atoms with E-state index in [4.69, 9.17) is 10.3 Å². The maximum Gasteiger partial charge on any atom is 0.409 e. The van der Waals surface area contributed by atoms with Gasteiger partial charge < -0.3 is 5.11 Å². The van der Waals surface area contributed by atoms with Crippen LogP contribution in [0.25, 0.3) is 11.1 Å². The predicted molar refractivity (Wildman–Crippen MR) is 89.0 cm³/mol. The molecule has 1 aliphatic carbocycles. The molecule has 2 aromatic carbocycles. The van der Waals surface area contributed by atoms with Gasteiger partial charge in [-0.1, -0.05) is 30.3 Å². The van der Waals surface area contributed by atoms with Crippen molar-refractivity contribution in [3.05, 3.63) is 53.6 Å². The van der Waals surface area contributed by atoms with E-state index in [1.807, 2.05) is 18.2 Å². The van der Waals surface area contributed by atoms with Crippen LogP contribution in [0.1, 0.15) is 17.5 Å². The summed E-state index contributed by atoms with van der Waals surface area (Å²) in [5.74, 6) is -0.573. The largest absolute Gasteiger partial charge is 0.465 e. The standard InChI is InChI=1S/C18H18N2O4/c21-17(20-24)14-7-5-11-4-6-13(8-15(11)9-14)12-2-1-3-16(10-12)19-18(22)23/h1-4,6,8,10,14,19,24H,5,7,9H2,(H,20,21)(H,22,23). The number of hydrogen-bond donors (Lipinski definition) is 4. The fourth-order valence-corrected chi connectivity index (χ4v) is 3.15. The highest BCUT2D eigenvalue weighted by Crippen LogP contribution is 2.31. The number of hydroxylamine groups is 1. The highest BCUT2D eigenvalue weighted by Gasteiger charge is 2.24. The molecule has 0 aromatic heterocycles. The maximum absolute atomic E-state index is 11.7. The normalized spacial score (nSPS) is 16.1. The van der Waals surface area contributed by atoms with Crippen LogP contribution >= 0.6 is 0 Å². The number of aryl methyl sites for hydroxylation is 1. The molecule has 0 saturated carbocycles. The fourth-order valence-electron chi connectivity index (χ4n) is 3.15. The smallest absolute Gasteiger partial charge is 0.409 e. The second-order valence-electron chi connectivity index (χ2n) is 5.91. The molecule has 0 saturated heterocycles. The zero-order chi connectivity index (χ0) is 17.1. The molecule has 4 N–H and O–H groups in total. The highest BCUT2D eigenvalue weighted by molar-refractivity contribution is 5.84. The Bertz CT molecular complexity index is 788. The average molecular weight is 326 g/mol. The Kier molecular flexibility index (Phi) is 4.48. The molecule has 124 valence electrons. The summed E-state index contributed by atoms with van der Waals surface area (Å²) in [6.45, 7) is 0.